The fraction of sp³-hybridized carbons (Fsp3) is 0.273. The molecule has 15 heavy (non-hydrogen) atoms. The van der Waals surface area contributed by atoms with Gasteiger partial charge in [0.1, 0.15) is 5.69 Å². The maximum absolute atomic E-state index is 5.04. The minimum atomic E-state index is 0.659. The molecule has 0 aliphatic heterocycles. The van der Waals surface area contributed by atoms with Crippen LogP contribution in [0.1, 0.15) is 5.69 Å². The number of nitrogens with zero attached hydrogens (tertiary/aromatic N) is 2. The lowest BCUT2D eigenvalue weighted by atomic mass is 10.2. The van der Waals surface area contributed by atoms with E-state index in [2.05, 4.69) is 15.0 Å². The molecule has 0 bridgehead atoms. The number of nitrogens with one attached hydrogen (secondary N) is 1. The normalized spacial score (nSPS) is 10.5. The smallest absolute Gasteiger partial charge is 0.108 e. The first kappa shape index (κ1) is 9.86. The Hall–Kier alpha value is -1.68. The second-order valence-electron chi connectivity index (χ2n) is 3.18. The second kappa shape index (κ2) is 4.70. The topological polar surface area (TPSA) is 50.8 Å². The Labute approximate surface area is 88.3 Å². The highest BCUT2D eigenvalue weighted by Crippen LogP contribution is 2.17. The maximum atomic E-state index is 5.04. The van der Waals surface area contributed by atoms with Crippen molar-refractivity contribution < 1.29 is 4.74 Å². The monoisotopic (exact) mass is 203 g/mol. The van der Waals surface area contributed by atoms with Gasteiger partial charge in [-0.15, -0.1) is 0 Å². The third-order valence-corrected chi connectivity index (χ3v) is 2.17. The number of rotatable bonds is 4. The summed E-state index contributed by atoms with van der Waals surface area (Å²) in [5, 5.41) is 0. The average Bonchev–Trinajstić information content (AvgIpc) is 2.80. The molecule has 0 unspecified atom stereocenters. The number of ether oxygens (including phenoxy) is 1. The Morgan fingerprint density at radius 2 is 2.20 bits per heavy atom. The standard InChI is InChI=1S/C11H13N3O/c1-15-8-4-10-11(14-7-6-13-10)9-3-2-5-12-9/h2-3,5-7,12H,4,8H2,1H3. The molecule has 2 rings (SSSR count). The fourth-order valence-electron chi connectivity index (χ4n) is 1.45. The summed E-state index contributed by atoms with van der Waals surface area (Å²) in [5.41, 5.74) is 2.86. The lowest BCUT2D eigenvalue weighted by molar-refractivity contribution is 0.201. The first-order valence-electron chi connectivity index (χ1n) is 4.84. The van der Waals surface area contributed by atoms with Gasteiger partial charge in [0.15, 0.2) is 0 Å². The van der Waals surface area contributed by atoms with Gasteiger partial charge in [-0.25, -0.2) is 0 Å². The molecular weight excluding hydrogens is 190 g/mol. The number of hydrogen-bond acceptors (Lipinski definition) is 3. The van der Waals surface area contributed by atoms with E-state index < -0.39 is 0 Å². The van der Waals surface area contributed by atoms with E-state index in [0.717, 1.165) is 23.5 Å². The van der Waals surface area contributed by atoms with Crippen molar-refractivity contribution in [3.8, 4) is 11.4 Å². The molecule has 2 heterocycles. The molecule has 4 nitrogen and oxygen atoms in total. The zero-order valence-electron chi connectivity index (χ0n) is 8.60. The summed E-state index contributed by atoms with van der Waals surface area (Å²) in [4.78, 5) is 11.8. The minimum Gasteiger partial charge on any atom is -0.384 e. The summed E-state index contributed by atoms with van der Waals surface area (Å²) in [6.45, 7) is 0.659. The van der Waals surface area contributed by atoms with E-state index in [1.54, 1.807) is 19.5 Å². The van der Waals surface area contributed by atoms with Crippen LogP contribution in [0.5, 0.6) is 0 Å². The molecule has 0 aromatic carbocycles. The van der Waals surface area contributed by atoms with E-state index in [9.17, 15) is 0 Å². The number of hydrogen-bond donors (Lipinski definition) is 1. The predicted molar refractivity (Wildman–Crippen MR) is 57.4 cm³/mol. The minimum absolute atomic E-state index is 0.659. The summed E-state index contributed by atoms with van der Waals surface area (Å²) in [5.74, 6) is 0. The van der Waals surface area contributed by atoms with E-state index in [4.69, 9.17) is 4.74 Å². The highest BCUT2D eigenvalue weighted by molar-refractivity contribution is 5.56. The van der Waals surface area contributed by atoms with Gasteiger partial charge < -0.3 is 9.72 Å². The highest BCUT2D eigenvalue weighted by Gasteiger charge is 2.07. The number of aromatic amines is 1. The van der Waals surface area contributed by atoms with E-state index in [-0.39, 0.29) is 0 Å². The first-order chi connectivity index (χ1) is 7.42. The van der Waals surface area contributed by atoms with Crippen molar-refractivity contribution in [1.82, 2.24) is 15.0 Å². The molecule has 0 aliphatic rings. The van der Waals surface area contributed by atoms with Crippen molar-refractivity contribution in [3.63, 3.8) is 0 Å². The van der Waals surface area contributed by atoms with Gasteiger partial charge in [-0.3, -0.25) is 9.97 Å². The molecule has 1 N–H and O–H groups in total. The van der Waals surface area contributed by atoms with Crippen LogP contribution in [-0.2, 0) is 11.2 Å². The van der Waals surface area contributed by atoms with Crippen molar-refractivity contribution in [2.45, 2.75) is 6.42 Å². The molecule has 0 aliphatic carbocycles. The van der Waals surface area contributed by atoms with Crippen molar-refractivity contribution in [3.05, 3.63) is 36.4 Å². The molecule has 4 heteroatoms. The Morgan fingerprint density at radius 3 is 2.93 bits per heavy atom. The Balaban J connectivity index is 2.30. The molecule has 78 valence electrons. The first-order valence-corrected chi connectivity index (χ1v) is 4.84. The maximum Gasteiger partial charge on any atom is 0.108 e. The Morgan fingerprint density at radius 1 is 1.33 bits per heavy atom. The van der Waals surface area contributed by atoms with E-state index in [0.29, 0.717) is 6.61 Å². The molecular formula is C11H13N3O. The average molecular weight is 203 g/mol. The highest BCUT2D eigenvalue weighted by atomic mass is 16.5. The van der Waals surface area contributed by atoms with Crippen LogP contribution in [0.4, 0.5) is 0 Å². The third kappa shape index (κ3) is 2.22. The van der Waals surface area contributed by atoms with Crippen LogP contribution in [0.25, 0.3) is 11.4 Å². The lowest BCUT2D eigenvalue weighted by Crippen LogP contribution is -2.01. The van der Waals surface area contributed by atoms with E-state index >= 15 is 0 Å². The summed E-state index contributed by atoms with van der Waals surface area (Å²) in [7, 11) is 1.69. The summed E-state index contributed by atoms with van der Waals surface area (Å²) >= 11 is 0. The predicted octanol–water partition coefficient (Wildman–Crippen LogP) is 1.66. The number of H-pyrrole nitrogens is 1. The van der Waals surface area contributed by atoms with Crippen molar-refractivity contribution in [2.75, 3.05) is 13.7 Å². The van der Waals surface area contributed by atoms with Crippen LogP contribution in [0.3, 0.4) is 0 Å². The molecule has 0 spiro atoms. The summed E-state index contributed by atoms with van der Waals surface area (Å²) in [6.07, 6.45) is 6.06. The number of methoxy groups -OCH3 is 1. The molecule has 0 amide bonds. The van der Waals surface area contributed by atoms with E-state index in [1.807, 2.05) is 18.3 Å². The van der Waals surface area contributed by atoms with Crippen LogP contribution < -0.4 is 0 Å². The molecule has 0 atom stereocenters. The molecule has 0 saturated carbocycles. The van der Waals surface area contributed by atoms with Gasteiger partial charge in [-0.05, 0) is 12.1 Å². The van der Waals surface area contributed by atoms with Gasteiger partial charge >= 0.3 is 0 Å². The van der Waals surface area contributed by atoms with Crippen LogP contribution in [0, 0.1) is 0 Å². The van der Waals surface area contributed by atoms with Crippen molar-refractivity contribution >= 4 is 0 Å². The van der Waals surface area contributed by atoms with Gasteiger partial charge in [-0.2, -0.15) is 0 Å². The second-order valence-corrected chi connectivity index (χ2v) is 3.18. The van der Waals surface area contributed by atoms with Crippen molar-refractivity contribution in [2.24, 2.45) is 0 Å². The number of aromatic nitrogens is 3. The van der Waals surface area contributed by atoms with Crippen molar-refractivity contribution in [1.29, 1.82) is 0 Å². The Kier molecular flexibility index (Phi) is 3.09. The van der Waals surface area contributed by atoms with Gasteiger partial charge in [0.25, 0.3) is 0 Å². The van der Waals surface area contributed by atoms with Crippen LogP contribution in [0.2, 0.25) is 0 Å². The van der Waals surface area contributed by atoms with Gasteiger partial charge in [0, 0.05) is 32.1 Å². The SMILES string of the molecule is COCCc1nccnc1-c1ccc[nH]1. The quantitative estimate of drug-likeness (QED) is 0.822. The molecule has 2 aromatic heterocycles. The Bertz CT molecular complexity index is 412. The largest absolute Gasteiger partial charge is 0.384 e. The lowest BCUT2D eigenvalue weighted by Gasteiger charge is -2.04. The zero-order chi connectivity index (χ0) is 10.5. The fourth-order valence-corrected chi connectivity index (χ4v) is 1.45. The zero-order valence-corrected chi connectivity index (χ0v) is 8.60. The van der Waals surface area contributed by atoms with Crippen LogP contribution >= 0.6 is 0 Å². The molecule has 2 aromatic rings. The van der Waals surface area contributed by atoms with Crippen LogP contribution in [0.15, 0.2) is 30.7 Å². The van der Waals surface area contributed by atoms with Gasteiger partial charge in [0.05, 0.1) is 18.0 Å². The molecule has 0 fully saturated rings. The summed E-state index contributed by atoms with van der Waals surface area (Å²) < 4.78 is 5.04. The summed E-state index contributed by atoms with van der Waals surface area (Å²) in [6, 6.07) is 3.93. The van der Waals surface area contributed by atoms with Gasteiger partial charge in [0.2, 0.25) is 0 Å². The van der Waals surface area contributed by atoms with Crippen LogP contribution in [-0.4, -0.2) is 28.7 Å². The molecule has 0 saturated heterocycles. The third-order valence-electron chi connectivity index (χ3n) is 2.17. The van der Waals surface area contributed by atoms with Gasteiger partial charge in [-0.1, -0.05) is 0 Å². The molecule has 0 radical (unpaired) electrons. The van der Waals surface area contributed by atoms with E-state index in [1.165, 1.54) is 0 Å².